The van der Waals surface area contributed by atoms with Gasteiger partial charge in [-0.1, -0.05) is 57.2 Å². The third kappa shape index (κ3) is 7.47. The summed E-state index contributed by atoms with van der Waals surface area (Å²) in [5.74, 6) is 2.02. The van der Waals surface area contributed by atoms with Gasteiger partial charge < -0.3 is 0 Å². The number of aromatic nitrogens is 4. The van der Waals surface area contributed by atoms with Crippen LogP contribution in [0.2, 0.25) is 0 Å². The maximum absolute atomic E-state index is 9.57. The molecule has 0 aliphatic heterocycles. The predicted octanol–water partition coefficient (Wildman–Crippen LogP) is 17.1. The van der Waals surface area contributed by atoms with E-state index in [0.29, 0.717) is 50.5 Å². The Morgan fingerprint density at radius 3 is 1.86 bits per heavy atom. The van der Waals surface area contributed by atoms with Gasteiger partial charge in [0.25, 0.3) is 0 Å². The summed E-state index contributed by atoms with van der Waals surface area (Å²) in [6.07, 6.45) is 6.43. The molecule has 0 amide bonds. The second kappa shape index (κ2) is 17.8. The maximum atomic E-state index is 9.57. The average Bonchev–Trinajstić information content (AvgIpc) is 2.86. The molecule has 72 heavy (non-hydrogen) atoms. The van der Waals surface area contributed by atoms with Crippen LogP contribution >= 0.6 is 0 Å². The summed E-state index contributed by atoms with van der Waals surface area (Å²) in [5.41, 5.74) is 12.7. The molecule has 13 rings (SSSR count). The molecule has 0 spiro atoms. The van der Waals surface area contributed by atoms with Gasteiger partial charge in [-0.05, 0) is 29.0 Å². The summed E-state index contributed by atoms with van der Waals surface area (Å²) in [4.78, 5) is 5.10. The van der Waals surface area contributed by atoms with Crippen LogP contribution in [0.4, 0.5) is 0 Å². The van der Waals surface area contributed by atoms with Gasteiger partial charge >= 0.3 is 351 Å². The zero-order valence-corrected chi connectivity index (χ0v) is 42.7. The molecule has 0 radical (unpaired) electrons. The number of nitrogens with zero attached hydrogens (tertiary/aromatic N) is 4. The molecule has 356 valence electrons. The van der Waals surface area contributed by atoms with Crippen molar-refractivity contribution in [1.29, 1.82) is 0 Å². The van der Waals surface area contributed by atoms with E-state index in [-0.39, 0.29) is 46.6 Å². The molecule has 2 aliphatic rings. The number of pyridine rings is 1. The van der Waals surface area contributed by atoms with Crippen LogP contribution in [0.25, 0.3) is 83.4 Å². The summed E-state index contributed by atoms with van der Waals surface area (Å²) in [6.45, 7) is 8.78. The average molecular weight is 1130 g/mol. The first kappa shape index (κ1) is 34.9. The molecule has 0 N–H and O–H groups in total. The van der Waals surface area contributed by atoms with E-state index in [0.717, 1.165) is 97.9 Å². The molecule has 6 heteroatoms. The Morgan fingerprint density at radius 1 is 0.597 bits per heavy atom. The number of imidazole rings is 1. The van der Waals surface area contributed by atoms with Crippen molar-refractivity contribution in [1.82, 2.24) is 18.7 Å². The van der Waals surface area contributed by atoms with Crippen molar-refractivity contribution in [2.24, 2.45) is 0 Å². The van der Waals surface area contributed by atoms with Gasteiger partial charge in [-0.3, -0.25) is 0 Å². The van der Waals surface area contributed by atoms with Gasteiger partial charge in [-0.15, -0.1) is 0 Å². The van der Waals surface area contributed by atoms with Crippen molar-refractivity contribution in [3.8, 4) is 62.1 Å². The topological polar surface area (TPSA) is 36.9 Å². The first-order valence-electron chi connectivity index (χ1n) is 29.8. The summed E-state index contributed by atoms with van der Waals surface area (Å²) < 4.78 is 105. The number of para-hydroxylation sites is 3. The molecule has 5 nitrogen and oxygen atoms in total. The van der Waals surface area contributed by atoms with Crippen molar-refractivity contribution >= 4 is 32.8 Å². The third-order valence-corrected chi connectivity index (χ3v) is 15.9. The fraction of sp³-hybridized carbons (Fsp3) is 0.182. The second-order valence-electron chi connectivity index (χ2n) is 20.2. The Kier molecular flexibility index (Phi) is 8.61. The molecule has 3 aromatic heterocycles. The fourth-order valence-electron chi connectivity index (χ4n) is 11.6. The molecule has 3 heterocycles. The van der Waals surface area contributed by atoms with E-state index in [4.69, 9.17) is 17.9 Å². The molecule has 0 saturated carbocycles. The van der Waals surface area contributed by atoms with Gasteiger partial charge in [0, 0.05) is 11.8 Å². The minimum absolute atomic E-state index is 0.00952. The zero-order valence-electron chi connectivity index (χ0n) is 50.5. The van der Waals surface area contributed by atoms with Crippen molar-refractivity contribution in [3.05, 3.63) is 220 Å². The summed E-state index contributed by atoms with van der Waals surface area (Å²) >= 11 is 2.27. The molecule has 0 atom stereocenters. The first-order chi connectivity index (χ1) is 39.3. The Bertz CT molecular complexity index is 4430. The van der Waals surface area contributed by atoms with Crippen LogP contribution in [0.3, 0.4) is 0 Å². The quantitative estimate of drug-likeness (QED) is 0.152. The molecule has 0 unspecified atom stereocenters. The van der Waals surface area contributed by atoms with E-state index in [1.165, 1.54) is 5.56 Å². The SMILES string of the molecule is [2H]c1c([2H])c([2H])c(-c2c3c4c(c(-c5c([2H])c([2H])c([2H])c([2H])c5[2H])c2-n2[c](=[Pt])n(-c5cccc(Oc6ccc7c8ccccc8n(-c8cc(C)c(-c9ccc(C(C)(C)C)cc9)cn8)c7c6)c5)c5ccccc52)CCCC4CCC3)c([2H])c1[2H]. The van der Waals surface area contributed by atoms with Gasteiger partial charge in [-0.2, -0.15) is 0 Å². The van der Waals surface area contributed by atoms with E-state index in [9.17, 15) is 5.48 Å². The molecule has 8 aromatic carbocycles. The first-order valence-corrected chi connectivity index (χ1v) is 25.9. The minimum atomic E-state index is -0.519. The van der Waals surface area contributed by atoms with Gasteiger partial charge in [-0.25, -0.2) is 0 Å². The Morgan fingerprint density at radius 2 is 1.21 bits per heavy atom. The van der Waals surface area contributed by atoms with Crippen molar-refractivity contribution in [2.45, 2.75) is 77.6 Å². The van der Waals surface area contributed by atoms with Crippen molar-refractivity contribution < 1.29 is 37.8 Å². The van der Waals surface area contributed by atoms with Crippen molar-refractivity contribution in [2.75, 3.05) is 0 Å². The van der Waals surface area contributed by atoms with E-state index in [1.807, 2.05) is 77.5 Å². The Hall–Kier alpha value is -7.33. The molecule has 0 fully saturated rings. The van der Waals surface area contributed by atoms with E-state index in [1.54, 1.807) is 0 Å². The van der Waals surface area contributed by atoms with E-state index in [2.05, 4.69) is 111 Å². The number of hydrogen-bond donors (Lipinski definition) is 0. The molecule has 2 aliphatic carbocycles. The fourth-order valence-corrected chi connectivity index (χ4v) is 12.7. The molecule has 0 bridgehead atoms. The van der Waals surface area contributed by atoms with Crippen LogP contribution in [0.1, 0.15) is 93.9 Å². The van der Waals surface area contributed by atoms with Gasteiger partial charge in [0.15, 0.2) is 0 Å². The standard InChI is InChI=1S/C66H56N4O.Pt/c1-43-38-61(67-41-56(43)44-32-34-48(35-33-44)66(2,3)4)70-57-29-12-11-26-52(57)53-37-36-51(40-60(53)70)71-50-25-17-24-49(39-50)68-42-69(59-31-14-13-30-58(59)68)65-63(46-18-7-5-8-19-46)54-27-15-22-45-23-16-28-55(62(45)54)64(65)47-20-9-6-10-21-47;/h5-14,17-21,24-26,29-41,45H,15-16,22-23,27-28H2,1-4H3;/i5D,6D,7D,8D,9D,10D,18D,19D,20D,21D;. The monoisotopic (exact) mass is 1130 g/mol. The van der Waals surface area contributed by atoms with Crippen molar-refractivity contribution in [3.63, 3.8) is 0 Å². The van der Waals surface area contributed by atoms with E-state index < -0.39 is 36.3 Å². The summed E-state index contributed by atoms with van der Waals surface area (Å²) in [7, 11) is 0. The number of benzene rings is 8. The Labute approximate surface area is 446 Å². The van der Waals surface area contributed by atoms with E-state index >= 15 is 0 Å². The summed E-state index contributed by atoms with van der Waals surface area (Å²) in [6, 6.07) is 36.4. The Balaban J connectivity index is 0.996. The number of aryl methyl sites for hydroxylation is 1. The normalized spacial score (nSPS) is 15.8. The zero-order chi connectivity index (χ0) is 57.4. The predicted molar refractivity (Wildman–Crippen MR) is 293 cm³/mol. The van der Waals surface area contributed by atoms with Crippen LogP contribution in [-0.4, -0.2) is 18.7 Å². The third-order valence-electron chi connectivity index (χ3n) is 14.9. The van der Waals surface area contributed by atoms with Gasteiger partial charge in [0.05, 0.1) is 0 Å². The molecule has 11 aromatic rings. The second-order valence-corrected chi connectivity index (χ2v) is 21.2. The van der Waals surface area contributed by atoms with Gasteiger partial charge in [0.2, 0.25) is 0 Å². The van der Waals surface area contributed by atoms with Gasteiger partial charge in [0.1, 0.15) is 0 Å². The summed E-state index contributed by atoms with van der Waals surface area (Å²) in [5, 5.41) is 2.14. The number of ether oxygens (including phenoxy) is 1. The molecular weight excluding hydrogens is 1060 g/mol. The molecule has 0 saturated heterocycles. The number of rotatable bonds is 8. The van der Waals surface area contributed by atoms with Crippen LogP contribution in [-0.2, 0) is 37.6 Å². The molecular formula is C66H56N4OPt. The number of fused-ring (bicyclic) bond motifs is 4. The van der Waals surface area contributed by atoms with Crippen LogP contribution in [0.15, 0.2) is 188 Å². The van der Waals surface area contributed by atoms with Crippen LogP contribution in [0, 0.1) is 10.7 Å². The van der Waals surface area contributed by atoms with Crippen LogP contribution < -0.4 is 4.74 Å². The number of hydrogen-bond acceptors (Lipinski definition) is 2. The van der Waals surface area contributed by atoms with Crippen LogP contribution in [0.5, 0.6) is 11.5 Å².